The molecule has 0 bridgehead atoms. The van der Waals surface area contributed by atoms with Gasteiger partial charge in [-0.15, -0.1) is 0 Å². The highest BCUT2D eigenvalue weighted by atomic mass is 79.9. The predicted molar refractivity (Wildman–Crippen MR) is 111 cm³/mol. The van der Waals surface area contributed by atoms with Crippen LogP contribution in [0.4, 0.5) is 11.4 Å². The average molecular weight is 466 g/mol. The number of hydrogen-bond acceptors (Lipinski definition) is 3. The van der Waals surface area contributed by atoms with Crippen molar-refractivity contribution in [3.05, 3.63) is 87.9 Å². The van der Waals surface area contributed by atoms with E-state index in [0.29, 0.717) is 11.3 Å². The Morgan fingerprint density at radius 1 is 0.926 bits per heavy atom. The van der Waals surface area contributed by atoms with Crippen molar-refractivity contribution in [3.8, 4) is 0 Å². The summed E-state index contributed by atoms with van der Waals surface area (Å²) in [5.41, 5.74) is 1.13. The highest BCUT2D eigenvalue weighted by Gasteiger charge is 2.16. The third-order valence-corrected chi connectivity index (χ3v) is 5.80. The Bertz CT molecular complexity index is 1090. The Balaban J connectivity index is 1.78. The lowest BCUT2D eigenvalue weighted by atomic mass is 10.2. The summed E-state index contributed by atoms with van der Waals surface area (Å²) < 4.78 is 28.0. The number of amides is 1. The van der Waals surface area contributed by atoms with E-state index < -0.39 is 10.0 Å². The summed E-state index contributed by atoms with van der Waals surface area (Å²) in [6.07, 6.45) is 0. The Morgan fingerprint density at radius 2 is 1.67 bits per heavy atom. The number of sulfonamides is 1. The zero-order chi connectivity index (χ0) is 19.4. The molecular formula is C19H14BrClN2O3S. The van der Waals surface area contributed by atoms with Crippen LogP contribution in [0.5, 0.6) is 0 Å². The Morgan fingerprint density at radius 3 is 2.33 bits per heavy atom. The zero-order valence-electron chi connectivity index (χ0n) is 13.8. The zero-order valence-corrected chi connectivity index (χ0v) is 17.0. The third kappa shape index (κ3) is 4.88. The summed E-state index contributed by atoms with van der Waals surface area (Å²) in [4.78, 5) is 12.5. The molecule has 0 saturated carbocycles. The van der Waals surface area contributed by atoms with E-state index in [9.17, 15) is 13.2 Å². The van der Waals surface area contributed by atoms with Crippen molar-refractivity contribution >= 4 is 54.8 Å². The Kier molecular flexibility index (Phi) is 5.84. The largest absolute Gasteiger partial charge is 0.322 e. The van der Waals surface area contributed by atoms with Crippen molar-refractivity contribution in [1.29, 1.82) is 0 Å². The van der Waals surface area contributed by atoms with Gasteiger partial charge in [0.05, 0.1) is 15.6 Å². The number of carbonyl (C=O) groups is 1. The molecule has 0 saturated heterocycles. The molecule has 0 aliphatic heterocycles. The summed E-state index contributed by atoms with van der Waals surface area (Å²) in [5, 5.41) is 2.88. The second-order valence-electron chi connectivity index (χ2n) is 5.58. The van der Waals surface area contributed by atoms with Crippen LogP contribution in [0, 0.1) is 0 Å². The molecule has 5 nitrogen and oxygen atoms in total. The maximum Gasteiger partial charge on any atom is 0.261 e. The van der Waals surface area contributed by atoms with Crippen molar-refractivity contribution in [2.45, 2.75) is 4.90 Å². The fraction of sp³-hybridized carbons (Fsp3) is 0. The molecule has 0 atom stereocenters. The van der Waals surface area contributed by atoms with Crippen molar-refractivity contribution in [2.75, 3.05) is 10.0 Å². The molecule has 3 rings (SSSR count). The molecule has 0 spiro atoms. The van der Waals surface area contributed by atoms with E-state index >= 15 is 0 Å². The van der Waals surface area contributed by atoms with Crippen molar-refractivity contribution in [2.24, 2.45) is 0 Å². The Labute approximate surface area is 170 Å². The van der Waals surface area contributed by atoms with Crippen molar-refractivity contribution < 1.29 is 13.2 Å². The third-order valence-electron chi connectivity index (χ3n) is 3.61. The van der Waals surface area contributed by atoms with Crippen LogP contribution in [0.2, 0.25) is 5.02 Å². The van der Waals surface area contributed by atoms with Gasteiger partial charge < -0.3 is 5.32 Å². The lowest BCUT2D eigenvalue weighted by Gasteiger charge is -2.11. The molecule has 3 aromatic rings. The number of carbonyl (C=O) groups excluding carboxylic acids is 1. The molecule has 0 aromatic heterocycles. The molecule has 0 fully saturated rings. The first-order chi connectivity index (χ1) is 12.8. The van der Waals surface area contributed by atoms with Crippen LogP contribution in [0.15, 0.2) is 82.2 Å². The number of rotatable bonds is 5. The van der Waals surface area contributed by atoms with Crippen LogP contribution in [0.1, 0.15) is 10.4 Å². The highest BCUT2D eigenvalue weighted by molar-refractivity contribution is 9.10. The number of anilines is 2. The fourth-order valence-corrected chi connectivity index (χ4v) is 4.10. The van der Waals surface area contributed by atoms with E-state index in [1.54, 1.807) is 36.4 Å². The van der Waals surface area contributed by atoms with Crippen LogP contribution < -0.4 is 10.0 Å². The van der Waals surface area contributed by atoms with Crippen LogP contribution >= 0.6 is 27.5 Å². The van der Waals surface area contributed by atoms with Gasteiger partial charge >= 0.3 is 0 Å². The topological polar surface area (TPSA) is 75.3 Å². The Hall–Kier alpha value is -2.35. The fourth-order valence-electron chi connectivity index (χ4n) is 2.31. The molecule has 3 aromatic carbocycles. The maximum atomic E-state index is 12.4. The van der Waals surface area contributed by atoms with Gasteiger partial charge in [0.1, 0.15) is 0 Å². The van der Waals surface area contributed by atoms with Gasteiger partial charge in [0.25, 0.3) is 15.9 Å². The number of benzene rings is 3. The summed E-state index contributed by atoms with van der Waals surface area (Å²) in [6, 6.07) is 19.5. The number of hydrogen-bond donors (Lipinski definition) is 2. The molecule has 8 heteroatoms. The van der Waals surface area contributed by atoms with Gasteiger partial charge in [0.2, 0.25) is 0 Å². The van der Waals surface area contributed by atoms with E-state index in [0.717, 1.165) is 4.47 Å². The molecule has 27 heavy (non-hydrogen) atoms. The quantitative estimate of drug-likeness (QED) is 0.547. The molecule has 0 heterocycles. The molecule has 1 amide bonds. The molecule has 0 aliphatic carbocycles. The smallest absolute Gasteiger partial charge is 0.261 e. The monoisotopic (exact) mass is 464 g/mol. The van der Waals surface area contributed by atoms with E-state index in [1.165, 1.54) is 30.3 Å². The maximum absolute atomic E-state index is 12.4. The van der Waals surface area contributed by atoms with E-state index in [2.05, 4.69) is 26.0 Å². The van der Waals surface area contributed by atoms with Gasteiger partial charge in [-0.1, -0.05) is 51.8 Å². The van der Waals surface area contributed by atoms with Gasteiger partial charge in [-0.3, -0.25) is 9.52 Å². The molecule has 2 N–H and O–H groups in total. The highest BCUT2D eigenvalue weighted by Crippen LogP contribution is 2.26. The van der Waals surface area contributed by atoms with Crippen LogP contribution in [-0.4, -0.2) is 14.3 Å². The van der Waals surface area contributed by atoms with Crippen LogP contribution in [0.25, 0.3) is 0 Å². The first-order valence-electron chi connectivity index (χ1n) is 7.79. The lowest BCUT2D eigenvalue weighted by Crippen LogP contribution is -2.14. The van der Waals surface area contributed by atoms with Gasteiger partial charge in [-0.25, -0.2) is 8.42 Å². The van der Waals surface area contributed by atoms with E-state index in [4.69, 9.17) is 11.6 Å². The number of nitrogens with one attached hydrogen (secondary N) is 2. The molecule has 0 unspecified atom stereocenters. The first kappa shape index (κ1) is 19.4. The van der Waals surface area contributed by atoms with E-state index in [1.807, 2.05) is 6.07 Å². The van der Waals surface area contributed by atoms with Gasteiger partial charge in [-0.2, -0.15) is 0 Å². The minimum Gasteiger partial charge on any atom is -0.322 e. The average Bonchev–Trinajstić information content (AvgIpc) is 2.64. The predicted octanol–water partition coefficient (Wildman–Crippen LogP) is 5.16. The van der Waals surface area contributed by atoms with Gasteiger partial charge in [-0.05, 0) is 48.5 Å². The van der Waals surface area contributed by atoms with Crippen LogP contribution in [-0.2, 0) is 10.0 Å². The van der Waals surface area contributed by atoms with E-state index in [-0.39, 0.29) is 21.5 Å². The lowest BCUT2D eigenvalue weighted by molar-refractivity contribution is 0.102. The second kappa shape index (κ2) is 8.12. The SMILES string of the molecule is O=C(Nc1cccc(Br)c1)c1ccc(NS(=O)(=O)c2ccccc2)c(Cl)c1. The minimum absolute atomic E-state index is 0.122. The van der Waals surface area contributed by atoms with Crippen LogP contribution in [0.3, 0.4) is 0 Å². The van der Waals surface area contributed by atoms with Gasteiger partial charge in [0, 0.05) is 15.7 Å². The molecule has 0 radical (unpaired) electrons. The minimum atomic E-state index is -3.76. The van der Waals surface area contributed by atoms with Crippen molar-refractivity contribution in [1.82, 2.24) is 0 Å². The molecular weight excluding hydrogens is 452 g/mol. The van der Waals surface area contributed by atoms with Gasteiger partial charge in [0.15, 0.2) is 0 Å². The summed E-state index contributed by atoms with van der Waals surface area (Å²) >= 11 is 9.52. The molecule has 138 valence electrons. The second-order valence-corrected chi connectivity index (χ2v) is 8.58. The summed E-state index contributed by atoms with van der Waals surface area (Å²) in [6.45, 7) is 0. The normalized spacial score (nSPS) is 11.0. The number of halogens is 2. The summed E-state index contributed by atoms with van der Waals surface area (Å²) in [7, 11) is -3.76. The summed E-state index contributed by atoms with van der Waals surface area (Å²) in [5.74, 6) is -0.354. The van der Waals surface area contributed by atoms with Crippen molar-refractivity contribution in [3.63, 3.8) is 0 Å². The standard InChI is InChI=1S/C19H14BrClN2O3S/c20-14-5-4-6-15(12-14)22-19(24)13-9-10-18(17(21)11-13)23-27(25,26)16-7-2-1-3-8-16/h1-12,23H,(H,22,24). The molecule has 0 aliphatic rings. The first-order valence-corrected chi connectivity index (χ1v) is 10.4.